The first-order valence-corrected chi connectivity index (χ1v) is 3.75. The summed E-state index contributed by atoms with van der Waals surface area (Å²) < 4.78 is 0. The average molecular weight is 169 g/mol. The lowest BCUT2D eigenvalue weighted by atomic mass is 10.5. The molecule has 3 heteroatoms. The molecule has 0 aromatic heterocycles. The molecule has 0 heterocycles. The highest BCUT2D eigenvalue weighted by molar-refractivity contribution is 8.08. The van der Waals surface area contributed by atoms with Gasteiger partial charge in [0, 0.05) is 9.81 Å². The van der Waals surface area contributed by atoms with Crippen LogP contribution in [0.2, 0.25) is 0 Å². The first-order chi connectivity index (χ1) is 4.72. The van der Waals surface area contributed by atoms with E-state index in [0.29, 0.717) is 4.91 Å². The zero-order valence-electron chi connectivity index (χ0n) is 5.37. The van der Waals surface area contributed by atoms with Gasteiger partial charge in [0.1, 0.15) is 5.40 Å². The summed E-state index contributed by atoms with van der Waals surface area (Å²) in [5.41, 5.74) is 0. The molecule has 0 saturated carbocycles. The van der Waals surface area contributed by atoms with Crippen molar-refractivity contribution in [2.45, 2.75) is 0 Å². The summed E-state index contributed by atoms with van der Waals surface area (Å²) in [5.74, 6) is 0. The molecule has 52 valence electrons. The molecule has 0 aliphatic heterocycles. The third-order valence-electron chi connectivity index (χ3n) is 0.709. The number of hydrogen-bond donors (Lipinski definition) is 1. The second-order valence-electron chi connectivity index (χ2n) is 1.41. The molecule has 0 unspecified atom stereocenters. The predicted octanol–water partition coefficient (Wildman–Crippen LogP) is 2.71. The van der Waals surface area contributed by atoms with Crippen LogP contribution in [0.3, 0.4) is 0 Å². The van der Waals surface area contributed by atoms with Crippen LogP contribution in [0, 0.1) is 10.7 Å². The Morgan fingerprint density at radius 3 is 2.60 bits per heavy atom. The van der Waals surface area contributed by atoms with Gasteiger partial charge in [-0.05, 0) is 17.8 Å². The van der Waals surface area contributed by atoms with Crippen molar-refractivity contribution in [3.05, 3.63) is 35.1 Å². The molecule has 0 aliphatic rings. The molecule has 0 N–H and O–H groups in total. The third-order valence-corrected chi connectivity index (χ3v) is 1.80. The molecule has 0 bridgehead atoms. The van der Waals surface area contributed by atoms with Crippen molar-refractivity contribution < 1.29 is 0 Å². The summed E-state index contributed by atoms with van der Waals surface area (Å²) in [4.78, 5) is 1.33. The van der Waals surface area contributed by atoms with E-state index in [1.165, 1.54) is 0 Å². The van der Waals surface area contributed by atoms with Gasteiger partial charge in [-0.25, -0.2) is 0 Å². The number of thiocyanates is 1. The maximum absolute atomic E-state index is 8.27. The number of hydrogen-bond acceptors (Lipinski definition) is 3. The summed E-state index contributed by atoms with van der Waals surface area (Å²) in [6.45, 7) is 7.06. The third kappa shape index (κ3) is 3.44. The Bertz CT molecular complexity index is 210. The van der Waals surface area contributed by atoms with Crippen LogP contribution >= 0.6 is 24.4 Å². The number of nitriles is 1. The first-order valence-electron chi connectivity index (χ1n) is 2.49. The van der Waals surface area contributed by atoms with Crippen molar-refractivity contribution in [3.8, 4) is 5.40 Å². The van der Waals surface area contributed by atoms with Gasteiger partial charge < -0.3 is 0 Å². The smallest absolute Gasteiger partial charge is 0.138 e. The van der Waals surface area contributed by atoms with Gasteiger partial charge in [-0.15, -0.1) is 12.6 Å². The fourth-order valence-electron chi connectivity index (χ4n) is 0.345. The van der Waals surface area contributed by atoms with Crippen molar-refractivity contribution >= 4 is 24.4 Å². The zero-order chi connectivity index (χ0) is 7.98. The second-order valence-corrected chi connectivity index (χ2v) is 2.77. The minimum absolute atomic E-state index is 0.589. The molecule has 0 atom stereocenters. The number of rotatable bonds is 3. The van der Waals surface area contributed by atoms with E-state index in [4.69, 9.17) is 5.26 Å². The van der Waals surface area contributed by atoms with E-state index in [1.807, 2.05) is 5.40 Å². The number of thiol groups is 1. The molecular weight excluding hydrogens is 162 g/mol. The van der Waals surface area contributed by atoms with Crippen molar-refractivity contribution in [2.75, 3.05) is 0 Å². The van der Waals surface area contributed by atoms with E-state index in [0.717, 1.165) is 16.7 Å². The highest BCUT2D eigenvalue weighted by Crippen LogP contribution is 2.23. The Hall–Kier alpha value is -0.590. The Kier molecular flexibility index (Phi) is 4.91. The van der Waals surface area contributed by atoms with Crippen molar-refractivity contribution in [1.82, 2.24) is 0 Å². The lowest BCUT2D eigenvalue weighted by Gasteiger charge is -1.95. The van der Waals surface area contributed by atoms with Crippen LogP contribution in [0.5, 0.6) is 0 Å². The molecule has 0 aromatic rings. The van der Waals surface area contributed by atoms with Crippen LogP contribution < -0.4 is 0 Å². The van der Waals surface area contributed by atoms with E-state index in [1.54, 1.807) is 12.2 Å². The van der Waals surface area contributed by atoms with E-state index < -0.39 is 0 Å². The minimum atomic E-state index is 0.589. The van der Waals surface area contributed by atoms with E-state index in [-0.39, 0.29) is 0 Å². The Morgan fingerprint density at radius 1 is 1.70 bits per heavy atom. The van der Waals surface area contributed by atoms with Gasteiger partial charge in [-0.2, -0.15) is 5.26 Å². The largest absolute Gasteiger partial charge is 0.185 e. The highest BCUT2D eigenvalue weighted by Gasteiger charge is 1.95. The summed E-state index contributed by atoms with van der Waals surface area (Å²) in [5, 5.41) is 10.2. The van der Waals surface area contributed by atoms with Crippen LogP contribution in [0.4, 0.5) is 0 Å². The van der Waals surface area contributed by atoms with Crippen LogP contribution in [0.1, 0.15) is 0 Å². The maximum atomic E-state index is 8.27. The zero-order valence-corrected chi connectivity index (χ0v) is 7.08. The van der Waals surface area contributed by atoms with Gasteiger partial charge >= 0.3 is 0 Å². The lowest BCUT2D eigenvalue weighted by molar-refractivity contribution is 1.57. The Morgan fingerprint density at radius 2 is 2.30 bits per heavy atom. The summed E-state index contributed by atoms with van der Waals surface area (Å²) in [6.07, 6.45) is 3.30. The molecule has 0 spiro atoms. The Labute approximate surface area is 70.5 Å². The van der Waals surface area contributed by atoms with Gasteiger partial charge in [0.05, 0.1) is 0 Å². The molecule has 0 fully saturated rings. The molecule has 0 aromatic carbocycles. The van der Waals surface area contributed by atoms with Crippen LogP contribution in [0.15, 0.2) is 35.1 Å². The van der Waals surface area contributed by atoms with Crippen molar-refractivity contribution in [2.24, 2.45) is 0 Å². The predicted molar refractivity (Wildman–Crippen MR) is 49.6 cm³/mol. The lowest BCUT2D eigenvalue weighted by Crippen LogP contribution is -1.70. The van der Waals surface area contributed by atoms with Gasteiger partial charge in [0.2, 0.25) is 0 Å². The summed E-state index contributed by atoms with van der Waals surface area (Å²) in [6, 6.07) is 0. The van der Waals surface area contributed by atoms with Gasteiger partial charge in [-0.3, -0.25) is 0 Å². The standard InChI is InChI=1S/C7H7NS2/c1-3-4-7(6(2)9)10-5-8/h3-4,9H,1-2H2/b7-4+. The van der Waals surface area contributed by atoms with Crippen LogP contribution in [-0.4, -0.2) is 0 Å². The average Bonchev–Trinajstić information content (AvgIpc) is 1.87. The fraction of sp³-hybridized carbons (Fsp3) is 0. The van der Waals surface area contributed by atoms with Gasteiger partial charge in [-0.1, -0.05) is 19.2 Å². The van der Waals surface area contributed by atoms with Crippen LogP contribution in [-0.2, 0) is 0 Å². The normalized spacial score (nSPS) is 10.2. The van der Waals surface area contributed by atoms with Crippen LogP contribution in [0.25, 0.3) is 0 Å². The molecule has 0 aliphatic carbocycles. The topological polar surface area (TPSA) is 23.8 Å². The van der Waals surface area contributed by atoms with Crippen molar-refractivity contribution in [3.63, 3.8) is 0 Å². The first kappa shape index (κ1) is 9.41. The van der Waals surface area contributed by atoms with Gasteiger partial charge in [0.25, 0.3) is 0 Å². The summed E-state index contributed by atoms with van der Waals surface area (Å²) in [7, 11) is 0. The SMILES string of the molecule is C=C/C=C(/SC#N)C(=C)S. The quantitative estimate of drug-likeness (QED) is 0.399. The second kappa shape index (κ2) is 5.21. The molecule has 0 amide bonds. The number of nitrogens with zero attached hydrogens (tertiary/aromatic N) is 1. The number of thioether (sulfide) groups is 1. The molecule has 0 rings (SSSR count). The maximum Gasteiger partial charge on any atom is 0.138 e. The molecule has 10 heavy (non-hydrogen) atoms. The monoisotopic (exact) mass is 169 g/mol. The molecule has 0 saturated heterocycles. The Balaban J connectivity index is 4.29. The van der Waals surface area contributed by atoms with E-state index >= 15 is 0 Å². The summed E-state index contributed by atoms with van der Waals surface area (Å²) >= 11 is 5.01. The molecule has 0 radical (unpaired) electrons. The number of allylic oxidation sites excluding steroid dienone is 2. The molecule has 1 nitrogen and oxygen atoms in total. The molecular formula is C7H7NS2. The fourth-order valence-corrected chi connectivity index (χ4v) is 0.937. The minimum Gasteiger partial charge on any atom is -0.185 e. The highest BCUT2D eigenvalue weighted by atomic mass is 32.2. The van der Waals surface area contributed by atoms with E-state index in [2.05, 4.69) is 25.8 Å². The van der Waals surface area contributed by atoms with E-state index in [9.17, 15) is 0 Å². The van der Waals surface area contributed by atoms with Crippen molar-refractivity contribution in [1.29, 1.82) is 5.26 Å². The van der Waals surface area contributed by atoms with Gasteiger partial charge in [0.15, 0.2) is 0 Å².